The molecule has 1 aromatic heterocycles. The van der Waals surface area contributed by atoms with Gasteiger partial charge in [-0.25, -0.2) is 14.3 Å². The standard InChI is InChI=1S/C28H27ClN4O3/c1-18-17-19(27(34)35)11-16-24(18)30-28(36)32(21-7-3-2-4-8-21)26-23-9-5-6-10-25(23)31-33(26)22-14-12-20(29)13-15-22/h5-6,9-17,21H,2-4,7-8H2,1H3,(H,30,36)(H,34,35). The van der Waals surface area contributed by atoms with Crippen LogP contribution in [-0.4, -0.2) is 32.9 Å². The topological polar surface area (TPSA) is 87.5 Å². The summed E-state index contributed by atoms with van der Waals surface area (Å²) in [7, 11) is 0. The minimum absolute atomic E-state index is 0.00325. The summed E-state index contributed by atoms with van der Waals surface area (Å²) in [5.41, 5.74) is 3.04. The van der Waals surface area contributed by atoms with E-state index >= 15 is 0 Å². The average molecular weight is 503 g/mol. The number of carboxylic acids is 1. The minimum Gasteiger partial charge on any atom is -0.478 e. The second-order valence-electron chi connectivity index (χ2n) is 9.16. The Balaban J connectivity index is 1.62. The van der Waals surface area contributed by atoms with Crippen LogP contribution in [0.15, 0.2) is 66.7 Å². The Morgan fingerprint density at radius 3 is 2.44 bits per heavy atom. The van der Waals surface area contributed by atoms with Gasteiger partial charge >= 0.3 is 12.0 Å². The lowest BCUT2D eigenvalue weighted by Crippen LogP contribution is -2.45. The number of anilines is 2. The van der Waals surface area contributed by atoms with Gasteiger partial charge in [-0.15, -0.1) is 0 Å². The van der Waals surface area contributed by atoms with Crippen molar-refractivity contribution < 1.29 is 14.7 Å². The molecule has 2 N–H and O–H groups in total. The quantitative estimate of drug-likeness (QED) is 0.306. The van der Waals surface area contributed by atoms with Crippen molar-refractivity contribution >= 4 is 46.0 Å². The summed E-state index contributed by atoms with van der Waals surface area (Å²) in [5.74, 6) is -0.296. The zero-order valence-corrected chi connectivity index (χ0v) is 20.7. The average Bonchev–Trinajstić information content (AvgIpc) is 3.25. The molecule has 7 nitrogen and oxygen atoms in total. The van der Waals surface area contributed by atoms with Gasteiger partial charge in [-0.1, -0.05) is 43.0 Å². The number of rotatable bonds is 5. The first-order valence-electron chi connectivity index (χ1n) is 12.1. The smallest absolute Gasteiger partial charge is 0.335 e. The van der Waals surface area contributed by atoms with Gasteiger partial charge < -0.3 is 10.4 Å². The third-order valence-corrected chi connectivity index (χ3v) is 6.98. The molecule has 1 fully saturated rings. The van der Waals surface area contributed by atoms with Crippen molar-refractivity contribution in [3.8, 4) is 5.69 Å². The first kappa shape index (κ1) is 23.9. The second kappa shape index (κ2) is 10.0. The molecule has 0 atom stereocenters. The van der Waals surface area contributed by atoms with E-state index in [4.69, 9.17) is 16.7 Å². The van der Waals surface area contributed by atoms with E-state index in [1.165, 1.54) is 6.07 Å². The van der Waals surface area contributed by atoms with Crippen molar-refractivity contribution in [1.82, 2.24) is 9.78 Å². The lowest BCUT2D eigenvalue weighted by atomic mass is 9.94. The van der Waals surface area contributed by atoms with Gasteiger partial charge in [-0.3, -0.25) is 4.90 Å². The maximum atomic E-state index is 14.0. The summed E-state index contributed by atoms with van der Waals surface area (Å²) in [4.78, 5) is 27.2. The second-order valence-corrected chi connectivity index (χ2v) is 9.59. The number of hydrogen-bond acceptors (Lipinski definition) is 3. The molecule has 0 bridgehead atoms. The van der Waals surface area contributed by atoms with E-state index in [2.05, 4.69) is 5.32 Å². The third-order valence-electron chi connectivity index (χ3n) is 6.73. The highest BCUT2D eigenvalue weighted by molar-refractivity contribution is 6.30. The molecule has 1 saturated carbocycles. The molecule has 8 heteroatoms. The molecule has 36 heavy (non-hydrogen) atoms. The van der Waals surface area contributed by atoms with Crippen LogP contribution in [0, 0.1) is 6.92 Å². The van der Waals surface area contributed by atoms with E-state index in [0.29, 0.717) is 22.1 Å². The van der Waals surface area contributed by atoms with Gasteiger partial charge in [0.1, 0.15) is 5.82 Å². The largest absolute Gasteiger partial charge is 0.478 e. The van der Waals surface area contributed by atoms with E-state index in [1.54, 1.807) is 19.1 Å². The summed E-state index contributed by atoms with van der Waals surface area (Å²) < 4.78 is 1.82. The van der Waals surface area contributed by atoms with Gasteiger partial charge in [-0.2, -0.15) is 5.10 Å². The highest BCUT2D eigenvalue weighted by Crippen LogP contribution is 2.35. The molecule has 1 aliphatic rings. The number of aromatic nitrogens is 2. The molecular formula is C28H27ClN4O3. The van der Waals surface area contributed by atoms with Crippen LogP contribution >= 0.6 is 11.6 Å². The number of benzene rings is 3. The molecule has 0 unspecified atom stereocenters. The molecule has 1 aliphatic carbocycles. The van der Waals surface area contributed by atoms with Gasteiger partial charge in [-0.05, 0) is 79.9 Å². The third kappa shape index (κ3) is 4.66. The lowest BCUT2D eigenvalue weighted by molar-refractivity contribution is 0.0697. The predicted octanol–water partition coefficient (Wildman–Crippen LogP) is 7.06. The van der Waals surface area contributed by atoms with E-state index < -0.39 is 5.97 Å². The number of urea groups is 1. The lowest BCUT2D eigenvalue weighted by Gasteiger charge is -2.34. The van der Waals surface area contributed by atoms with E-state index in [-0.39, 0.29) is 17.6 Å². The highest BCUT2D eigenvalue weighted by Gasteiger charge is 2.32. The zero-order valence-electron chi connectivity index (χ0n) is 19.9. The van der Waals surface area contributed by atoms with Crippen LogP contribution in [0.2, 0.25) is 5.02 Å². The van der Waals surface area contributed by atoms with Crippen molar-refractivity contribution in [2.75, 3.05) is 10.2 Å². The number of nitrogens with zero attached hydrogens (tertiary/aromatic N) is 3. The summed E-state index contributed by atoms with van der Waals surface area (Å²) in [5, 5.41) is 18.7. The fourth-order valence-corrected chi connectivity index (χ4v) is 5.03. The molecule has 1 heterocycles. The first-order valence-corrected chi connectivity index (χ1v) is 12.5. The Morgan fingerprint density at radius 2 is 1.75 bits per heavy atom. The Hall–Kier alpha value is -3.84. The van der Waals surface area contributed by atoms with Crippen molar-refractivity contribution in [3.63, 3.8) is 0 Å². The van der Waals surface area contributed by atoms with Crippen LogP contribution in [0.1, 0.15) is 48.0 Å². The maximum Gasteiger partial charge on any atom is 0.335 e. The molecular weight excluding hydrogens is 476 g/mol. The summed E-state index contributed by atoms with van der Waals surface area (Å²) in [6.45, 7) is 1.79. The molecule has 3 aromatic carbocycles. The summed E-state index contributed by atoms with van der Waals surface area (Å²) in [6, 6.07) is 19.7. The van der Waals surface area contributed by atoms with Gasteiger partial charge in [0.15, 0.2) is 0 Å². The number of halogens is 1. The first-order chi connectivity index (χ1) is 17.4. The SMILES string of the molecule is Cc1cc(C(=O)O)ccc1NC(=O)N(c1c2ccccc2nn1-c1ccc(Cl)cc1)C1CCCCC1. The number of aromatic carboxylic acids is 1. The van der Waals surface area contributed by atoms with Gasteiger partial charge in [0.25, 0.3) is 0 Å². The molecule has 0 saturated heterocycles. The summed E-state index contributed by atoms with van der Waals surface area (Å²) >= 11 is 6.15. The van der Waals surface area contributed by atoms with Crippen LogP contribution in [0.5, 0.6) is 0 Å². The molecule has 0 radical (unpaired) electrons. The number of amides is 2. The highest BCUT2D eigenvalue weighted by atomic mass is 35.5. The maximum absolute atomic E-state index is 14.0. The van der Waals surface area contributed by atoms with Crippen LogP contribution < -0.4 is 10.2 Å². The predicted molar refractivity (Wildman–Crippen MR) is 143 cm³/mol. The number of aryl methyl sites for hydroxylation is 1. The number of carbonyl (C=O) groups is 2. The van der Waals surface area contributed by atoms with E-state index in [0.717, 1.165) is 48.7 Å². The number of fused-ring (bicyclic) bond motifs is 1. The van der Waals surface area contributed by atoms with E-state index in [9.17, 15) is 14.7 Å². The molecule has 5 rings (SSSR count). The van der Waals surface area contributed by atoms with Crippen molar-refractivity contribution in [2.45, 2.75) is 45.1 Å². The number of nitrogens with one attached hydrogen (secondary N) is 1. The van der Waals surface area contributed by atoms with Crippen LogP contribution in [0.3, 0.4) is 0 Å². The van der Waals surface area contributed by atoms with Gasteiger partial charge in [0.2, 0.25) is 0 Å². The van der Waals surface area contributed by atoms with Crippen LogP contribution in [0.25, 0.3) is 16.6 Å². The van der Waals surface area contributed by atoms with Gasteiger partial charge in [0.05, 0.1) is 16.8 Å². The molecule has 2 amide bonds. The Labute approximate surface area is 214 Å². The van der Waals surface area contributed by atoms with Gasteiger partial charge in [0, 0.05) is 22.1 Å². The van der Waals surface area contributed by atoms with Crippen LogP contribution in [0.4, 0.5) is 16.3 Å². The van der Waals surface area contributed by atoms with Crippen LogP contribution in [-0.2, 0) is 0 Å². The van der Waals surface area contributed by atoms with E-state index in [1.807, 2.05) is 58.1 Å². The monoisotopic (exact) mass is 502 g/mol. The molecule has 0 aliphatic heterocycles. The Kier molecular flexibility index (Phi) is 6.65. The molecule has 4 aromatic rings. The Bertz CT molecular complexity index is 1420. The molecule has 184 valence electrons. The summed E-state index contributed by atoms with van der Waals surface area (Å²) in [6.07, 6.45) is 5.04. The fourth-order valence-electron chi connectivity index (χ4n) is 4.90. The van der Waals surface area contributed by atoms with Crippen molar-refractivity contribution in [3.05, 3.63) is 82.9 Å². The normalized spacial score (nSPS) is 14.1. The zero-order chi connectivity index (χ0) is 25.2. The number of carboxylic acid groups (broad SMARTS) is 1. The van der Waals surface area contributed by atoms with Crippen molar-refractivity contribution in [2.24, 2.45) is 0 Å². The Morgan fingerprint density at radius 1 is 1.03 bits per heavy atom. The molecule has 0 spiro atoms. The fraction of sp³-hybridized carbons (Fsp3) is 0.250. The number of carbonyl (C=O) groups excluding carboxylic acids is 1. The van der Waals surface area contributed by atoms with Crippen molar-refractivity contribution in [1.29, 1.82) is 0 Å². The minimum atomic E-state index is -1.00. The number of hydrogen-bond donors (Lipinski definition) is 2.